The van der Waals surface area contributed by atoms with Crippen LogP contribution in [0.5, 0.6) is 0 Å². The molecule has 0 radical (unpaired) electrons. The molecule has 6 heteroatoms. The standard InChI is InChI=1S/C15H15N3O2S/c16-14(20)11-4-6-12(7-5-11)17-15(21)18-13-3-1-2-10(8-13)9-19/h1-8,19H,9H2,(H2,16,20)(H2,17,18,21). The maximum atomic E-state index is 11.0. The fourth-order valence-electron chi connectivity index (χ4n) is 1.76. The van der Waals surface area contributed by atoms with Gasteiger partial charge in [0.05, 0.1) is 6.61 Å². The summed E-state index contributed by atoms with van der Waals surface area (Å²) < 4.78 is 0. The van der Waals surface area contributed by atoms with Gasteiger partial charge in [-0.3, -0.25) is 4.79 Å². The van der Waals surface area contributed by atoms with Crippen LogP contribution in [0.15, 0.2) is 48.5 Å². The zero-order valence-corrected chi connectivity index (χ0v) is 12.0. The molecule has 0 aliphatic rings. The molecule has 1 amide bonds. The first-order valence-electron chi connectivity index (χ1n) is 6.26. The van der Waals surface area contributed by atoms with E-state index < -0.39 is 5.91 Å². The van der Waals surface area contributed by atoms with Gasteiger partial charge in [0.2, 0.25) is 5.91 Å². The lowest BCUT2D eigenvalue weighted by molar-refractivity contribution is 0.100. The molecule has 2 rings (SSSR count). The van der Waals surface area contributed by atoms with Gasteiger partial charge in [-0.15, -0.1) is 0 Å². The van der Waals surface area contributed by atoms with Crippen molar-refractivity contribution < 1.29 is 9.90 Å². The summed E-state index contributed by atoms with van der Waals surface area (Å²) in [5, 5.41) is 15.5. The summed E-state index contributed by atoms with van der Waals surface area (Å²) in [6.07, 6.45) is 0. The number of aliphatic hydroxyl groups is 1. The molecule has 5 nitrogen and oxygen atoms in total. The lowest BCUT2D eigenvalue weighted by Gasteiger charge is -2.11. The van der Waals surface area contributed by atoms with E-state index in [0.717, 1.165) is 16.9 Å². The summed E-state index contributed by atoms with van der Waals surface area (Å²) in [5.74, 6) is -0.469. The number of amides is 1. The molecule has 0 spiro atoms. The van der Waals surface area contributed by atoms with Crippen LogP contribution in [0.1, 0.15) is 15.9 Å². The normalized spacial score (nSPS) is 9.95. The minimum atomic E-state index is -0.469. The van der Waals surface area contributed by atoms with Crippen molar-refractivity contribution in [2.75, 3.05) is 10.6 Å². The highest BCUT2D eigenvalue weighted by atomic mass is 32.1. The summed E-state index contributed by atoms with van der Waals surface area (Å²) in [6, 6.07) is 14.0. The third-order valence-electron chi connectivity index (χ3n) is 2.79. The molecule has 2 aromatic carbocycles. The molecule has 0 unspecified atom stereocenters. The topological polar surface area (TPSA) is 87.4 Å². The summed E-state index contributed by atoms with van der Waals surface area (Å²) in [5.41, 5.74) is 7.95. The SMILES string of the molecule is NC(=O)c1ccc(NC(=S)Nc2cccc(CO)c2)cc1. The quantitative estimate of drug-likeness (QED) is 0.650. The first kappa shape index (κ1) is 15.0. The molecule has 2 aromatic rings. The van der Waals surface area contributed by atoms with Gasteiger partial charge in [-0.05, 0) is 54.2 Å². The second-order valence-electron chi connectivity index (χ2n) is 4.38. The van der Waals surface area contributed by atoms with Crippen LogP contribution in [0.25, 0.3) is 0 Å². The van der Waals surface area contributed by atoms with Crippen molar-refractivity contribution in [1.82, 2.24) is 0 Å². The Morgan fingerprint density at radius 3 is 2.38 bits per heavy atom. The van der Waals surface area contributed by atoms with Gasteiger partial charge in [0.15, 0.2) is 5.11 Å². The number of hydrogen-bond donors (Lipinski definition) is 4. The van der Waals surface area contributed by atoms with E-state index >= 15 is 0 Å². The molecule has 0 aliphatic carbocycles. The van der Waals surface area contributed by atoms with Crippen LogP contribution in [0, 0.1) is 0 Å². The second kappa shape index (κ2) is 6.83. The molecule has 108 valence electrons. The van der Waals surface area contributed by atoms with Gasteiger partial charge in [0.1, 0.15) is 0 Å². The molecular formula is C15H15N3O2S. The van der Waals surface area contributed by atoms with Gasteiger partial charge in [0.25, 0.3) is 0 Å². The third-order valence-corrected chi connectivity index (χ3v) is 3.00. The van der Waals surface area contributed by atoms with Crippen LogP contribution >= 0.6 is 12.2 Å². The van der Waals surface area contributed by atoms with Crippen molar-refractivity contribution in [1.29, 1.82) is 0 Å². The van der Waals surface area contributed by atoms with Crippen LogP contribution < -0.4 is 16.4 Å². The maximum Gasteiger partial charge on any atom is 0.248 e. The highest BCUT2D eigenvalue weighted by molar-refractivity contribution is 7.80. The Bertz CT molecular complexity index is 656. The number of nitrogens with two attached hydrogens (primary N) is 1. The van der Waals surface area contributed by atoms with E-state index in [1.807, 2.05) is 24.3 Å². The summed E-state index contributed by atoms with van der Waals surface area (Å²) in [6.45, 7) is -0.0235. The number of nitrogens with one attached hydrogen (secondary N) is 2. The molecule has 0 saturated carbocycles. The van der Waals surface area contributed by atoms with Gasteiger partial charge >= 0.3 is 0 Å². The Balaban J connectivity index is 1.99. The summed E-state index contributed by atoms with van der Waals surface area (Å²) in [4.78, 5) is 11.0. The average molecular weight is 301 g/mol. The number of benzene rings is 2. The minimum absolute atomic E-state index is 0.0235. The zero-order valence-electron chi connectivity index (χ0n) is 11.2. The number of carbonyl (C=O) groups is 1. The Morgan fingerprint density at radius 2 is 1.76 bits per heavy atom. The van der Waals surface area contributed by atoms with Crippen molar-refractivity contribution in [3.63, 3.8) is 0 Å². The van der Waals surface area contributed by atoms with Crippen LogP contribution in [-0.4, -0.2) is 16.1 Å². The van der Waals surface area contributed by atoms with Crippen molar-refractivity contribution in [3.05, 3.63) is 59.7 Å². The van der Waals surface area contributed by atoms with E-state index in [-0.39, 0.29) is 6.61 Å². The predicted octanol–water partition coefficient (Wildman–Crippen LogP) is 2.09. The monoisotopic (exact) mass is 301 g/mol. The smallest absolute Gasteiger partial charge is 0.248 e. The van der Waals surface area contributed by atoms with Crippen LogP contribution in [0.2, 0.25) is 0 Å². The number of aliphatic hydroxyl groups excluding tert-OH is 1. The number of anilines is 2. The van der Waals surface area contributed by atoms with Crippen LogP contribution in [0.4, 0.5) is 11.4 Å². The minimum Gasteiger partial charge on any atom is -0.392 e. The lowest BCUT2D eigenvalue weighted by atomic mass is 10.2. The van der Waals surface area contributed by atoms with Crippen molar-refractivity contribution in [2.45, 2.75) is 6.61 Å². The Kier molecular flexibility index (Phi) is 4.86. The molecular weight excluding hydrogens is 286 g/mol. The van der Waals surface area contributed by atoms with E-state index in [2.05, 4.69) is 10.6 Å². The molecule has 5 N–H and O–H groups in total. The van der Waals surface area contributed by atoms with E-state index in [1.165, 1.54) is 0 Å². The third kappa shape index (κ3) is 4.27. The van der Waals surface area contributed by atoms with E-state index in [9.17, 15) is 4.79 Å². The zero-order chi connectivity index (χ0) is 15.2. The first-order chi connectivity index (χ1) is 10.1. The number of primary amides is 1. The molecule has 0 aliphatic heterocycles. The number of hydrogen-bond acceptors (Lipinski definition) is 3. The largest absolute Gasteiger partial charge is 0.392 e. The molecule has 0 atom stereocenters. The van der Waals surface area contributed by atoms with E-state index in [0.29, 0.717) is 10.7 Å². The van der Waals surface area contributed by atoms with Gasteiger partial charge in [-0.2, -0.15) is 0 Å². The molecule has 0 aromatic heterocycles. The molecule has 21 heavy (non-hydrogen) atoms. The Hall–Kier alpha value is -2.44. The van der Waals surface area contributed by atoms with Crippen LogP contribution in [0.3, 0.4) is 0 Å². The highest BCUT2D eigenvalue weighted by Crippen LogP contribution is 2.13. The van der Waals surface area contributed by atoms with E-state index in [4.69, 9.17) is 23.1 Å². The Morgan fingerprint density at radius 1 is 1.10 bits per heavy atom. The molecule has 0 saturated heterocycles. The van der Waals surface area contributed by atoms with Crippen LogP contribution in [-0.2, 0) is 6.61 Å². The average Bonchev–Trinajstić information content (AvgIpc) is 2.47. The van der Waals surface area contributed by atoms with Gasteiger partial charge < -0.3 is 21.5 Å². The predicted molar refractivity (Wildman–Crippen MR) is 87.2 cm³/mol. The second-order valence-corrected chi connectivity index (χ2v) is 4.79. The van der Waals surface area contributed by atoms with E-state index in [1.54, 1.807) is 24.3 Å². The fourth-order valence-corrected chi connectivity index (χ4v) is 1.99. The molecule has 0 fully saturated rings. The lowest BCUT2D eigenvalue weighted by Crippen LogP contribution is -2.19. The summed E-state index contributed by atoms with van der Waals surface area (Å²) in [7, 11) is 0. The van der Waals surface area contributed by atoms with Crippen molar-refractivity contribution in [2.24, 2.45) is 5.73 Å². The molecule has 0 heterocycles. The summed E-state index contributed by atoms with van der Waals surface area (Å²) >= 11 is 5.21. The number of thiocarbonyl (C=S) groups is 1. The first-order valence-corrected chi connectivity index (χ1v) is 6.67. The van der Waals surface area contributed by atoms with Crippen molar-refractivity contribution in [3.8, 4) is 0 Å². The van der Waals surface area contributed by atoms with Gasteiger partial charge in [-0.25, -0.2) is 0 Å². The van der Waals surface area contributed by atoms with Gasteiger partial charge in [-0.1, -0.05) is 12.1 Å². The number of carbonyl (C=O) groups excluding carboxylic acids is 1. The highest BCUT2D eigenvalue weighted by Gasteiger charge is 2.02. The van der Waals surface area contributed by atoms with Crippen molar-refractivity contribution >= 4 is 34.6 Å². The number of rotatable bonds is 4. The van der Waals surface area contributed by atoms with Gasteiger partial charge in [0, 0.05) is 16.9 Å². The maximum absolute atomic E-state index is 11.0. The fraction of sp³-hybridized carbons (Fsp3) is 0.0667. The Labute approximate surface area is 127 Å². The molecule has 0 bridgehead atoms.